The van der Waals surface area contributed by atoms with Crippen molar-refractivity contribution in [3.63, 3.8) is 0 Å². The molecule has 0 unspecified atom stereocenters. The van der Waals surface area contributed by atoms with Gasteiger partial charge in [-0.25, -0.2) is 4.98 Å². The highest BCUT2D eigenvalue weighted by atomic mass is 16.2. The van der Waals surface area contributed by atoms with Crippen LogP contribution in [0.3, 0.4) is 0 Å². The van der Waals surface area contributed by atoms with E-state index in [1.165, 1.54) is 0 Å². The fraction of sp³-hybridized carbons (Fsp3) is 0.542. The first-order valence-electron chi connectivity index (χ1n) is 11.5. The Morgan fingerprint density at radius 3 is 2.84 bits per heavy atom. The number of fused-ring (bicyclic) bond motifs is 4. The molecule has 3 saturated heterocycles. The molecule has 0 aliphatic carbocycles. The van der Waals surface area contributed by atoms with Gasteiger partial charge in [-0.3, -0.25) is 14.5 Å². The predicted octanol–water partition coefficient (Wildman–Crippen LogP) is 1.97. The van der Waals surface area contributed by atoms with Gasteiger partial charge in [0, 0.05) is 50.5 Å². The SMILES string of the molecule is O=C(Cc1ccccc1)NC[C@H]1[C@H]2C[C@H](CN(Cc3cnc[nH]3)C2)[C@@H]2CCCC(=O)N21. The van der Waals surface area contributed by atoms with Crippen LogP contribution in [0.1, 0.15) is 36.9 Å². The van der Waals surface area contributed by atoms with E-state index in [0.29, 0.717) is 37.3 Å². The second-order valence-electron chi connectivity index (χ2n) is 9.32. The summed E-state index contributed by atoms with van der Waals surface area (Å²) < 4.78 is 0. The molecule has 7 heteroatoms. The van der Waals surface area contributed by atoms with E-state index in [9.17, 15) is 9.59 Å². The fourth-order valence-electron chi connectivity index (χ4n) is 5.94. The first-order valence-corrected chi connectivity index (χ1v) is 11.5. The maximum absolute atomic E-state index is 12.9. The van der Waals surface area contributed by atoms with Gasteiger partial charge < -0.3 is 15.2 Å². The summed E-state index contributed by atoms with van der Waals surface area (Å²) in [6.45, 7) is 3.38. The van der Waals surface area contributed by atoms with Crippen LogP contribution >= 0.6 is 0 Å². The van der Waals surface area contributed by atoms with Gasteiger partial charge in [0.1, 0.15) is 0 Å². The average molecular weight is 422 g/mol. The topological polar surface area (TPSA) is 81.3 Å². The van der Waals surface area contributed by atoms with Crippen LogP contribution in [0.5, 0.6) is 0 Å². The van der Waals surface area contributed by atoms with Crippen molar-refractivity contribution in [2.24, 2.45) is 11.8 Å². The molecule has 4 heterocycles. The molecule has 7 nitrogen and oxygen atoms in total. The van der Waals surface area contributed by atoms with E-state index in [-0.39, 0.29) is 17.9 Å². The zero-order valence-corrected chi connectivity index (χ0v) is 17.9. The molecule has 3 aliphatic heterocycles. The fourth-order valence-corrected chi connectivity index (χ4v) is 5.94. The van der Waals surface area contributed by atoms with Crippen molar-refractivity contribution in [1.29, 1.82) is 0 Å². The minimum absolute atomic E-state index is 0.0273. The number of likely N-dealkylation sites (tertiary alicyclic amines) is 1. The number of amides is 2. The Morgan fingerprint density at radius 1 is 1.19 bits per heavy atom. The number of nitrogens with one attached hydrogen (secondary N) is 2. The quantitative estimate of drug-likeness (QED) is 0.747. The van der Waals surface area contributed by atoms with E-state index >= 15 is 0 Å². The Kier molecular flexibility index (Phi) is 5.76. The first kappa shape index (κ1) is 20.2. The van der Waals surface area contributed by atoms with Gasteiger partial charge in [-0.15, -0.1) is 0 Å². The monoisotopic (exact) mass is 421 g/mol. The highest BCUT2D eigenvalue weighted by Crippen LogP contribution is 2.41. The van der Waals surface area contributed by atoms with E-state index < -0.39 is 0 Å². The molecule has 0 spiro atoms. The van der Waals surface area contributed by atoms with Gasteiger partial charge >= 0.3 is 0 Å². The van der Waals surface area contributed by atoms with Crippen molar-refractivity contribution < 1.29 is 9.59 Å². The van der Waals surface area contributed by atoms with Crippen LogP contribution in [-0.4, -0.2) is 63.3 Å². The molecule has 5 rings (SSSR count). The number of piperidine rings is 3. The molecule has 1 aromatic carbocycles. The Bertz CT molecular complexity index is 900. The van der Waals surface area contributed by atoms with Crippen molar-refractivity contribution in [2.75, 3.05) is 19.6 Å². The number of nitrogens with zero attached hydrogens (tertiary/aromatic N) is 3. The maximum Gasteiger partial charge on any atom is 0.224 e. The minimum Gasteiger partial charge on any atom is -0.354 e. The van der Waals surface area contributed by atoms with E-state index in [0.717, 1.165) is 50.2 Å². The summed E-state index contributed by atoms with van der Waals surface area (Å²) in [4.78, 5) is 37.6. The maximum atomic E-state index is 12.9. The van der Waals surface area contributed by atoms with Crippen molar-refractivity contribution in [3.8, 4) is 0 Å². The normalized spacial score (nSPS) is 28.3. The molecule has 164 valence electrons. The third-order valence-electron chi connectivity index (χ3n) is 7.24. The van der Waals surface area contributed by atoms with Gasteiger partial charge in [0.05, 0.1) is 18.8 Å². The second-order valence-corrected chi connectivity index (χ2v) is 9.32. The Labute approximate surface area is 183 Å². The Balaban J connectivity index is 1.29. The van der Waals surface area contributed by atoms with Crippen LogP contribution in [-0.2, 0) is 22.6 Å². The van der Waals surface area contributed by atoms with Crippen LogP contribution in [0.4, 0.5) is 0 Å². The average Bonchev–Trinajstić information content (AvgIpc) is 3.28. The van der Waals surface area contributed by atoms with Gasteiger partial charge in [-0.2, -0.15) is 0 Å². The number of hydrogen-bond donors (Lipinski definition) is 2. The van der Waals surface area contributed by atoms with Crippen molar-refractivity contribution in [2.45, 2.75) is 50.7 Å². The molecule has 2 N–H and O–H groups in total. The molecule has 3 aliphatic rings. The lowest BCUT2D eigenvalue weighted by atomic mass is 9.72. The highest BCUT2D eigenvalue weighted by molar-refractivity contribution is 5.79. The number of benzene rings is 1. The van der Waals surface area contributed by atoms with Crippen LogP contribution in [0.15, 0.2) is 42.9 Å². The first-order chi connectivity index (χ1) is 15.2. The lowest BCUT2D eigenvalue weighted by molar-refractivity contribution is -0.153. The number of carbonyl (C=O) groups excluding carboxylic acids is 2. The second kappa shape index (κ2) is 8.83. The summed E-state index contributed by atoms with van der Waals surface area (Å²) in [6.07, 6.45) is 7.85. The summed E-state index contributed by atoms with van der Waals surface area (Å²) in [7, 11) is 0. The summed E-state index contributed by atoms with van der Waals surface area (Å²) in [5.74, 6) is 1.20. The number of H-pyrrole nitrogens is 1. The van der Waals surface area contributed by atoms with Crippen molar-refractivity contribution in [1.82, 2.24) is 25.1 Å². The van der Waals surface area contributed by atoms with E-state index in [1.54, 1.807) is 6.33 Å². The molecule has 2 aromatic rings. The zero-order chi connectivity index (χ0) is 21.2. The zero-order valence-electron chi connectivity index (χ0n) is 17.9. The molecule has 4 atom stereocenters. The molecule has 2 bridgehead atoms. The minimum atomic E-state index is 0.0273. The number of aromatic nitrogens is 2. The van der Waals surface area contributed by atoms with Crippen LogP contribution in [0.25, 0.3) is 0 Å². The van der Waals surface area contributed by atoms with Crippen molar-refractivity contribution in [3.05, 3.63) is 54.1 Å². The van der Waals surface area contributed by atoms with Gasteiger partial charge in [0.15, 0.2) is 0 Å². The molecule has 1 aromatic heterocycles. The lowest BCUT2D eigenvalue weighted by Gasteiger charge is -2.56. The van der Waals surface area contributed by atoms with Crippen LogP contribution in [0.2, 0.25) is 0 Å². The molecule has 2 amide bonds. The number of rotatable bonds is 6. The summed E-state index contributed by atoms with van der Waals surface area (Å²) in [5.41, 5.74) is 2.14. The summed E-state index contributed by atoms with van der Waals surface area (Å²) in [5, 5.41) is 3.15. The van der Waals surface area contributed by atoms with Gasteiger partial charge in [-0.1, -0.05) is 30.3 Å². The standard InChI is InChI=1S/C24H31N5O2/c30-23(9-17-5-2-1-3-6-17)26-12-22-19-10-18(21-7-4-8-24(31)29(21)22)13-28(14-19)15-20-11-25-16-27-20/h1-3,5-6,11,16,18-19,21-22H,4,7-10,12-15H2,(H,25,27)(H,26,30)/t18-,19+,21+,22+/m1/s1. The number of carbonyl (C=O) groups is 2. The summed E-state index contributed by atoms with van der Waals surface area (Å²) >= 11 is 0. The largest absolute Gasteiger partial charge is 0.354 e. The number of imidazole rings is 1. The van der Waals surface area contributed by atoms with E-state index in [4.69, 9.17) is 0 Å². The third-order valence-corrected chi connectivity index (χ3v) is 7.24. The number of aromatic amines is 1. The van der Waals surface area contributed by atoms with Crippen molar-refractivity contribution >= 4 is 11.8 Å². The van der Waals surface area contributed by atoms with E-state index in [2.05, 4.69) is 25.1 Å². The van der Waals surface area contributed by atoms with E-state index in [1.807, 2.05) is 36.5 Å². The molecular weight excluding hydrogens is 390 g/mol. The van der Waals surface area contributed by atoms with Gasteiger partial charge in [0.2, 0.25) is 11.8 Å². The van der Waals surface area contributed by atoms with Crippen LogP contribution in [0, 0.1) is 11.8 Å². The smallest absolute Gasteiger partial charge is 0.224 e. The van der Waals surface area contributed by atoms with Crippen LogP contribution < -0.4 is 5.32 Å². The van der Waals surface area contributed by atoms with Gasteiger partial charge in [-0.05, 0) is 36.7 Å². The third kappa shape index (κ3) is 4.37. The summed E-state index contributed by atoms with van der Waals surface area (Å²) in [6, 6.07) is 10.2. The van der Waals surface area contributed by atoms with Gasteiger partial charge in [0.25, 0.3) is 0 Å². The number of hydrogen-bond acceptors (Lipinski definition) is 4. The Hall–Kier alpha value is -2.67. The molecule has 0 saturated carbocycles. The molecule has 3 fully saturated rings. The highest BCUT2D eigenvalue weighted by Gasteiger charge is 2.49. The molecular formula is C24H31N5O2. The molecule has 0 radical (unpaired) electrons. The Morgan fingerprint density at radius 2 is 2.03 bits per heavy atom. The lowest BCUT2D eigenvalue weighted by Crippen LogP contribution is -2.67. The predicted molar refractivity (Wildman–Crippen MR) is 117 cm³/mol. The molecule has 31 heavy (non-hydrogen) atoms.